The highest BCUT2D eigenvalue weighted by Crippen LogP contribution is 2.27. The van der Waals surface area contributed by atoms with Crippen LogP contribution in [-0.2, 0) is 19.4 Å². The SMILES string of the molecule is CCCC(O)(CN)Cc1c(Br)c(CC)nn1CC. The van der Waals surface area contributed by atoms with Gasteiger partial charge >= 0.3 is 0 Å². The van der Waals surface area contributed by atoms with Gasteiger partial charge in [0.25, 0.3) is 0 Å². The molecule has 0 fully saturated rings. The molecule has 0 aliphatic heterocycles. The van der Waals surface area contributed by atoms with E-state index in [1.54, 1.807) is 0 Å². The lowest BCUT2D eigenvalue weighted by atomic mass is 9.92. The Kier molecular flexibility index (Phi) is 5.82. The molecule has 0 bridgehead atoms. The van der Waals surface area contributed by atoms with Gasteiger partial charge in [-0.15, -0.1) is 0 Å². The third-order valence-corrected chi connectivity index (χ3v) is 4.20. The van der Waals surface area contributed by atoms with Crippen LogP contribution < -0.4 is 5.73 Å². The number of rotatable bonds is 7. The molecule has 1 atom stereocenters. The van der Waals surface area contributed by atoms with Gasteiger partial charge in [0.15, 0.2) is 0 Å². The predicted octanol–water partition coefficient (Wildman–Crippen LogP) is 2.26. The number of nitrogens with zero attached hydrogens (tertiary/aromatic N) is 2. The van der Waals surface area contributed by atoms with Gasteiger partial charge in [0.2, 0.25) is 0 Å². The van der Waals surface area contributed by atoms with Crippen molar-refractivity contribution in [3.63, 3.8) is 0 Å². The number of aromatic nitrogens is 2. The maximum Gasteiger partial charge on any atom is 0.0824 e. The second-order valence-electron chi connectivity index (χ2n) is 4.73. The van der Waals surface area contributed by atoms with Crippen LogP contribution in [0.15, 0.2) is 4.47 Å². The topological polar surface area (TPSA) is 64.1 Å². The molecule has 0 aliphatic rings. The zero-order chi connectivity index (χ0) is 13.8. The molecule has 1 unspecified atom stereocenters. The molecule has 0 radical (unpaired) electrons. The van der Waals surface area contributed by atoms with Gasteiger partial charge in [-0.2, -0.15) is 5.10 Å². The van der Waals surface area contributed by atoms with E-state index in [-0.39, 0.29) is 6.54 Å². The Balaban J connectivity index is 3.05. The third kappa shape index (κ3) is 3.33. The molecule has 1 aromatic heterocycles. The first-order chi connectivity index (χ1) is 8.51. The maximum atomic E-state index is 10.5. The van der Waals surface area contributed by atoms with E-state index >= 15 is 0 Å². The molecule has 1 rings (SSSR count). The standard InChI is InChI=1S/C13H24BrN3O/c1-4-7-13(18,9-15)8-11-12(14)10(5-2)16-17(11)6-3/h18H,4-9,15H2,1-3H3. The zero-order valence-corrected chi connectivity index (χ0v) is 13.1. The first-order valence-electron chi connectivity index (χ1n) is 6.67. The van der Waals surface area contributed by atoms with Crippen LogP contribution in [0.5, 0.6) is 0 Å². The van der Waals surface area contributed by atoms with Crippen LogP contribution >= 0.6 is 15.9 Å². The van der Waals surface area contributed by atoms with E-state index in [0.29, 0.717) is 12.8 Å². The molecule has 0 saturated carbocycles. The molecule has 0 aromatic carbocycles. The van der Waals surface area contributed by atoms with Gasteiger partial charge in [0.1, 0.15) is 0 Å². The Morgan fingerprint density at radius 2 is 2.06 bits per heavy atom. The molecule has 5 heteroatoms. The molecule has 0 amide bonds. The Hall–Kier alpha value is -0.390. The second kappa shape index (κ2) is 6.68. The largest absolute Gasteiger partial charge is 0.388 e. The number of nitrogens with two attached hydrogens (primary N) is 1. The summed E-state index contributed by atoms with van der Waals surface area (Å²) in [4.78, 5) is 0. The highest BCUT2D eigenvalue weighted by molar-refractivity contribution is 9.10. The lowest BCUT2D eigenvalue weighted by molar-refractivity contribution is 0.0377. The summed E-state index contributed by atoms with van der Waals surface area (Å²) in [5.41, 5.74) is 7.00. The van der Waals surface area contributed by atoms with E-state index in [9.17, 15) is 5.11 Å². The molecule has 3 N–H and O–H groups in total. The lowest BCUT2D eigenvalue weighted by Gasteiger charge is -2.26. The molecular weight excluding hydrogens is 294 g/mol. The molecule has 0 aliphatic carbocycles. The van der Waals surface area contributed by atoms with Gasteiger partial charge in [-0.05, 0) is 35.7 Å². The maximum absolute atomic E-state index is 10.5. The molecule has 4 nitrogen and oxygen atoms in total. The van der Waals surface area contributed by atoms with E-state index < -0.39 is 5.60 Å². The first kappa shape index (κ1) is 15.7. The second-order valence-corrected chi connectivity index (χ2v) is 5.52. The van der Waals surface area contributed by atoms with E-state index in [1.165, 1.54) is 0 Å². The van der Waals surface area contributed by atoms with Crippen molar-refractivity contribution in [1.82, 2.24) is 9.78 Å². The van der Waals surface area contributed by atoms with Gasteiger partial charge < -0.3 is 10.8 Å². The number of halogens is 1. The predicted molar refractivity (Wildman–Crippen MR) is 77.6 cm³/mol. The quantitative estimate of drug-likeness (QED) is 0.810. The average molecular weight is 318 g/mol. The van der Waals surface area contributed by atoms with Crippen molar-refractivity contribution in [3.05, 3.63) is 15.9 Å². The van der Waals surface area contributed by atoms with Crippen LogP contribution in [0, 0.1) is 0 Å². The summed E-state index contributed by atoms with van der Waals surface area (Å²) >= 11 is 3.60. The van der Waals surface area contributed by atoms with Crippen molar-refractivity contribution < 1.29 is 5.11 Å². The summed E-state index contributed by atoms with van der Waals surface area (Å²) in [6.45, 7) is 7.29. The van der Waals surface area contributed by atoms with Crippen molar-refractivity contribution in [2.75, 3.05) is 6.54 Å². The highest BCUT2D eigenvalue weighted by atomic mass is 79.9. The number of hydrogen-bond donors (Lipinski definition) is 2. The summed E-state index contributed by atoms with van der Waals surface area (Å²) in [5.74, 6) is 0. The summed E-state index contributed by atoms with van der Waals surface area (Å²) in [6, 6.07) is 0. The minimum Gasteiger partial charge on any atom is -0.388 e. The van der Waals surface area contributed by atoms with Crippen LogP contribution in [0.1, 0.15) is 45.0 Å². The lowest BCUT2D eigenvalue weighted by Crippen LogP contribution is -2.40. The summed E-state index contributed by atoms with van der Waals surface area (Å²) in [5, 5.41) is 15.1. The molecule has 0 saturated heterocycles. The van der Waals surface area contributed by atoms with Gasteiger partial charge in [0.05, 0.1) is 21.5 Å². The van der Waals surface area contributed by atoms with Crippen molar-refractivity contribution in [3.8, 4) is 0 Å². The summed E-state index contributed by atoms with van der Waals surface area (Å²) in [7, 11) is 0. The van der Waals surface area contributed by atoms with Gasteiger partial charge in [-0.25, -0.2) is 0 Å². The molecule has 0 spiro atoms. The highest BCUT2D eigenvalue weighted by Gasteiger charge is 2.28. The smallest absolute Gasteiger partial charge is 0.0824 e. The number of hydrogen-bond acceptors (Lipinski definition) is 3. The fraction of sp³-hybridized carbons (Fsp3) is 0.769. The minimum absolute atomic E-state index is 0.281. The van der Waals surface area contributed by atoms with Crippen LogP contribution in [0.4, 0.5) is 0 Å². The number of aryl methyl sites for hydroxylation is 2. The van der Waals surface area contributed by atoms with Gasteiger partial charge in [-0.1, -0.05) is 20.3 Å². The summed E-state index contributed by atoms with van der Waals surface area (Å²) in [6.07, 6.45) is 3.08. The Labute approximate surface area is 118 Å². The van der Waals surface area contributed by atoms with E-state index in [1.807, 2.05) is 4.68 Å². The van der Waals surface area contributed by atoms with Crippen molar-refractivity contribution >= 4 is 15.9 Å². The molecule has 104 valence electrons. The Bertz CT molecular complexity index is 392. The van der Waals surface area contributed by atoms with Gasteiger partial charge in [0, 0.05) is 19.5 Å². The van der Waals surface area contributed by atoms with Crippen LogP contribution in [0.2, 0.25) is 0 Å². The Morgan fingerprint density at radius 3 is 2.50 bits per heavy atom. The van der Waals surface area contributed by atoms with Crippen LogP contribution in [0.3, 0.4) is 0 Å². The minimum atomic E-state index is -0.824. The van der Waals surface area contributed by atoms with Crippen molar-refractivity contribution in [2.24, 2.45) is 5.73 Å². The summed E-state index contributed by atoms with van der Waals surface area (Å²) < 4.78 is 2.98. The fourth-order valence-corrected chi connectivity index (χ4v) is 2.93. The van der Waals surface area contributed by atoms with Crippen molar-refractivity contribution in [1.29, 1.82) is 0 Å². The Morgan fingerprint density at radius 1 is 1.39 bits per heavy atom. The average Bonchev–Trinajstić information content (AvgIpc) is 2.66. The number of aliphatic hydroxyl groups is 1. The normalized spacial score (nSPS) is 14.8. The van der Waals surface area contributed by atoms with Crippen LogP contribution in [0.25, 0.3) is 0 Å². The fourth-order valence-electron chi connectivity index (χ4n) is 2.23. The third-order valence-electron chi connectivity index (χ3n) is 3.29. The van der Waals surface area contributed by atoms with Crippen LogP contribution in [-0.4, -0.2) is 27.0 Å². The first-order valence-corrected chi connectivity index (χ1v) is 7.47. The van der Waals surface area contributed by atoms with E-state index in [0.717, 1.165) is 35.2 Å². The molecular formula is C13H24BrN3O. The zero-order valence-electron chi connectivity index (χ0n) is 11.5. The molecule has 1 aromatic rings. The van der Waals surface area contributed by atoms with E-state index in [2.05, 4.69) is 41.8 Å². The van der Waals surface area contributed by atoms with Crippen molar-refractivity contribution in [2.45, 2.75) is 58.6 Å². The van der Waals surface area contributed by atoms with Gasteiger partial charge in [-0.3, -0.25) is 4.68 Å². The molecule has 18 heavy (non-hydrogen) atoms. The monoisotopic (exact) mass is 317 g/mol. The molecule has 1 heterocycles. The van der Waals surface area contributed by atoms with E-state index in [4.69, 9.17) is 5.73 Å².